The van der Waals surface area contributed by atoms with Crippen LogP contribution < -0.4 is 0 Å². The van der Waals surface area contributed by atoms with Crippen LogP contribution >= 0.6 is 0 Å². The van der Waals surface area contributed by atoms with Gasteiger partial charge >= 0.3 is 6.18 Å². The summed E-state index contributed by atoms with van der Waals surface area (Å²) in [5, 5.41) is 0. The number of aliphatic imine (C=N–C) groups is 1. The lowest BCUT2D eigenvalue weighted by molar-refractivity contribution is -0.155. The van der Waals surface area contributed by atoms with Gasteiger partial charge in [-0.25, -0.2) is 0 Å². The maximum absolute atomic E-state index is 13.0. The van der Waals surface area contributed by atoms with Gasteiger partial charge < -0.3 is 0 Å². The Labute approximate surface area is 106 Å². The second kappa shape index (κ2) is 6.03. The molecule has 0 saturated heterocycles. The van der Waals surface area contributed by atoms with Crippen LogP contribution in [-0.4, -0.2) is 17.9 Å². The fraction of sp³-hybridized carbons (Fsp3) is 0.500. The highest BCUT2D eigenvalue weighted by molar-refractivity contribution is 6.02. The van der Waals surface area contributed by atoms with E-state index in [1.165, 1.54) is 6.92 Å². The lowest BCUT2D eigenvalue weighted by atomic mass is 9.93. The number of hydrogen-bond acceptors (Lipinski definition) is 1. The van der Waals surface area contributed by atoms with Gasteiger partial charge in [-0.05, 0) is 25.8 Å². The van der Waals surface area contributed by atoms with E-state index in [1.54, 1.807) is 44.2 Å². The van der Waals surface area contributed by atoms with Crippen LogP contribution in [0.2, 0.25) is 0 Å². The summed E-state index contributed by atoms with van der Waals surface area (Å²) >= 11 is 0. The Balaban J connectivity index is 3.22. The van der Waals surface area contributed by atoms with Crippen molar-refractivity contribution in [3.63, 3.8) is 0 Å². The minimum atomic E-state index is -4.25. The predicted molar refractivity (Wildman–Crippen MR) is 68.0 cm³/mol. The van der Waals surface area contributed by atoms with Gasteiger partial charge in [-0.1, -0.05) is 37.3 Å². The summed E-state index contributed by atoms with van der Waals surface area (Å²) in [4.78, 5) is 4.18. The molecular weight excluding hydrogens is 239 g/mol. The first-order valence-electron chi connectivity index (χ1n) is 6.06. The van der Waals surface area contributed by atoms with Crippen molar-refractivity contribution < 1.29 is 13.2 Å². The summed E-state index contributed by atoms with van der Waals surface area (Å²) < 4.78 is 39.1. The van der Waals surface area contributed by atoms with E-state index < -0.39 is 12.1 Å². The fourth-order valence-corrected chi connectivity index (χ4v) is 1.83. The summed E-state index contributed by atoms with van der Waals surface area (Å²) in [5.41, 5.74) is 0.691. The lowest BCUT2D eigenvalue weighted by Crippen LogP contribution is -2.31. The van der Waals surface area contributed by atoms with Crippen LogP contribution in [0.3, 0.4) is 0 Å². The van der Waals surface area contributed by atoms with Gasteiger partial charge in [-0.2, -0.15) is 13.2 Å². The molecule has 0 heterocycles. The van der Waals surface area contributed by atoms with Crippen LogP contribution in [0, 0.1) is 5.92 Å². The molecule has 0 aromatic heterocycles. The first kappa shape index (κ1) is 14.7. The number of benzene rings is 1. The van der Waals surface area contributed by atoms with Gasteiger partial charge in [-0.15, -0.1) is 0 Å². The monoisotopic (exact) mass is 257 g/mol. The van der Waals surface area contributed by atoms with E-state index in [4.69, 9.17) is 0 Å². The molecule has 0 aliphatic carbocycles. The highest BCUT2D eigenvalue weighted by Crippen LogP contribution is 2.32. The summed E-state index contributed by atoms with van der Waals surface area (Å²) in [5.74, 6) is -1.50. The summed E-state index contributed by atoms with van der Waals surface area (Å²) in [6.07, 6.45) is -4.25. The Morgan fingerprint density at radius 1 is 1.17 bits per heavy atom. The third-order valence-corrected chi connectivity index (χ3v) is 2.60. The molecule has 1 aromatic rings. The highest BCUT2D eigenvalue weighted by atomic mass is 19.4. The van der Waals surface area contributed by atoms with Crippen molar-refractivity contribution in [3.05, 3.63) is 35.9 Å². The van der Waals surface area contributed by atoms with E-state index in [2.05, 4.69) is 4.99 Å². The molecule has 0 aliphatic rings. The van der Waals surface area contributed by atoms with E-state index in [0.29, 0.717) is 5.56 Å². The van der Waals surface area contributed by atoms with Crippen LogP contribution in [0.1, 0.15) is 32.8 Å². The maximum atomic E-state index is 13.0. The average molecular weight is 257 g/mol. The lowest BCUT2D eigenvalue weighted by Gasteiger charge is -2.22. The molecule has 0 saturated carbocycles. The Bertz CT molecular complexity index is 393. The molecule has 0 spiro atoms. The molecule has 4 heteroatoms. The molecular formula is C14H18F3N. The highest BCUT2D eigenvalue weighted by Gasteiger charge is 2.42. The maximum Gasteiger partial charge on any atom is 0.397 e. The van der Waals surface area contributed by atoms with E-state index in [9.17, 15) is 13.2 Å². The number of nitrogens with zero attached hydrogens (tertiary/aromatic N) is 1. The topological polar surface area (TPSA) is 12.4 Å². The van der Waals surface area contributed by atoms with E-state index in [0.717, 1.165) is 0 Å². The van der Waals surface area contributed by atoms with Crippen molar-refractivity contribution in [2.45, 2.75) is 39.4 Å². The third-order valence-electron chi connectivity index (χ3n) is 2.60. The minimum Gasteiger partial charge on any atom is -0.286 e. The van der Waals surface area contributed by atoms with Crippen molar-refractivity contribution in [2.24, 2.45) is 10.9 Å². The molecule has 1 rings (SSSR count). The van der Waals surface area contributed by atoms with Gasteiger partial charge in [0.1, 0.15) is 0 Å². The Kier molecular flexibility index (Phi) is 4.93. The van der Waals surface area contributed by atoms with Crippen molar-refractivity contribution in [1.29, 1.82) is 0 Å². The quantitative estimate of drug-likeness (QED) is 0.705. The van der Waals surface area contributed by atoms with Gasteiger partial charge in [0.2, 0.25) is 0 Å². The van der Waals surface area contributed by atoms with Crippen molar-refractivity contribution in [2.75, 3.05) is 0 Å². The van der Waals surface area contributed by atoms with Crippen LogP contribution in [0.25, 0.3) is 0 Å². The number of hydrogen-bond donors (Lipinski definition) is 0. The zero-order valence-corrected chi connectivity index (χ0v) is 10.8. The molecule has 1 nitrogen and oxygen atoms in total. The Hall–Kier alpha value is -1.32. The smallest absolute Gasteiger partial charge is 0.286 e. The van der Waals surface area contributed by atoms with Gasteiger partial charge in [0.15, 0.2) is 0 Å². The zero-order chi connectivity index (χ0) is 13.8. The zero-order valence-electron chi connectivity index (χ0n) is 10.8. The molecule has 0 fully saturated rings. The SMILES string of the molecule is CCC(C(=NC(C)C)c1ccccc1)C(F)(F)F. The number of rotatable bonds is 4. The van der Waals surface area contributed by atoms with Gasteiger partial charge in [0, 0.05) is 6.04 Å². The second-order valence-corrected chi connectivity index (χ2v) is 4.48. The van der Waals surface area contributed by atoms with Crippen molar-refractivity contribution in [3.8, 4) is 0 Å². The van der Waals surface area contributed by atoms with E-state index in [-0.39, 0.29) is 18.2 Å². The molecule has 0 radical (unpaired) electrons. The molecule has 1 atom stereocenters. The molecule has 0 aliphatic heterocycles. The second-order valence-electron chi connectivity index (χ2n) is 4.48. The summed E-state index contributed by atoms with van der Waals surface area (Å²) in [6.45, 7) is 5.11. The van der Waals surface area contributed by atoms with E-state index in [1.807, 2.05) is 0 Å². The van der Waals surface area contributed by atoms with Crippen molar-refractivity contribution >= 4 is 5.71 Å². The first-order valence-corrected chi connectivity index (χ1v) is 6.06. The van der Waals surface area contributed by atoms with Crippen molar-refractivity contribution in [1.82, 2.24) is 0 Å². The van der Waals surface area contributed by atoms with Crippen LogP contribution in [-0.2, 0) is 0 Å². The molecule has 0 amide bonds. The fourth-order valence-electron chi connectivity index (χ4n) is 1.83. The molecule has 1 aromatic carbocycles. The summed E-state index contributed by atoms with van der Waals surface area (Å²) in [6, 6.07) is 8.44. The molecule has 0 bridgehead atoms. The molecule has 0 N–H and O–H groups in total. The standard InChI is InChI=1S/C14H18F3N/c1-4-12(14(15,16)17)13(18-10(2)3)11-8-6-5-7-9-11/h5-10,12H,4H2,1-3H3. The van der Waals surface area contributed by atoms with Gasteiger partial charge in [0.25, 0.3) is 0 Å². The summed E-state index contributed by atoms with van der Waals surface area (Å²) in [7, 11) is 0. The normalized spacial score (nSPS) is 14.9. The predicted octanol–water partition coefficient (Wildman–Crippen LogP) is 4.47. The van der Waals surface area contributed by atoms with Crippen LogP contribution in [0.5, 0.6) is 0 Å². The van der Waals surface area contributed by atoms with Gasteiger partial charge in [-0.3, -0.25) is 4.99 Å². The molecule has 100 valence electrons. The number of halogens is 3. The minimum absolute atomic E-state index is 0.00392. The first-order chi connectivity index (χ1) is 8.36. The average Bonchev–Trinajstić information content (AvgIpc) is 2.27. The van der Waals surface area contributed by atoms with Crippen LogP contribution in [0.4, 0.5) is 13.2 Å². The largest absolute Gasteiger partial charge is 0.397 e. The van der Waals surface area contributed by atoms with Gasteiger partial charge in [0.05, 0.1) is 11.6 Å². The molecule has 1 unspecified atom stereocenters. The van der Waals surface area contributed by atoms with Crippen LogP contribution in [0.15, 0.2) is 35.3 Å². The van der Waals surface area contributed by atoms with E-state index >= 15 is 0 Å². The molecule has 18 heavy (non-hydrogen) atoms. The number of alkyl halides is 3. The Morgan fingerprint density at radius 2 is 1.72 bits per heavy atom. The third kappa shape index (κ3) is 3.86. The Morgan fingerprint density at radius 3 is 2.11 bits per heavy atom.